The molecule has 0 fully saturated rings. The molecule has 27 heavy (non-hydrogen) atoms. The normalized spacial score (nSPS) is 17.3. The summed E-state index contributed by atoms with van der Waals surface area (Å²) in [5, 5.41) is 13.3. The lowest BCUT2D eigenvalue weighted by atomic mass is 10.2. The number of alkyl halides is 2. The Morgan fingerprint density at radius 1 is 1.26 bits per heavy atom. The molecule has 1 aliphatic heterocycles. The van der Waals surface area contributed by atoms with Crippen LogP contribution in [0.15, 0.2) is 47.7 Å². The van der Waals surface area contributed by atoms with Crippen LogP contribution in [-0.2, 0) is 4.79 Å². The van der Waals surface area contributed by atoms with Crippen molar-refractivity contribution < 1.29 is 28.0 Å². The van der Waals surface area contributed by atoms with Gasteiger partial charge in [0.1, 0.15) is 0 Å². The molecule has 0 saturated carbocycles. The van der Waals surface area contributed by atoms with Gasteiger partial charge in [-0.2, -0.15) is 0 Å². The average molecular weight is 376 g/mol. The van der Waals surface area contributed by atoms with Crippen LogP contribution in [0.1, 0.15) is 6.42 Å². The number of anilines is 1. The number of allylic oxidation sites excluding steroid dienone is 3. The quantitative estimate of drug-likeness (QED) is 0.628. The van der Waals surface area contributed by atoms with Gasteiger partial charge in [0, 0.05) is 23.8 Å². The fourth-order valence-electron chi connectivity index (χ4n) is 2.61. The average Bonchev–Trinajstić information content (AvgIpc) is 2.98. The molecule has 4 rings (SSSR count). The molecule has 0 unspecified atom stereocenters. The Labute approximate surface area is 149 Å². The van der Waals surface area contributed by atoms with Gasteiger partial charge in [0.15, 0.2) is 11.5 Å². The van der Waals surface area contributed by atoms with E-state index in [1.807, 2.05) is 0 Å². The largest absolute Gasteiger partial charge is 0.586 e. The molecule has 2 aromatic rings. The van der Waals surface area contributed by atoms with Crippen molar-refractivity contribution in [3.63, 3.8) is 0 Å². The van der Waals surface area contributed by atoms with E-state index in [-0.39, 0.29) is 40.7 Å². The van der Waals surface area contributed by atoms with E-state index in [1.165, 1.54) is 36.4 Å². The number of nitrogens with zero attached hydrogens (tertiary/aromatic N) is 2. The molecule has 11 heteroatoms. The van der Waals surface area contributed by atoms with Crippen molar-refractivity contribution in [2.75, 3.05) is 5.32 Å². The highest BCUT2D eigenvalue weighted by atomic mass is 19.3. The number of rotatable bonds is 3. The number of amides is 1. The number of aromatic nitrogens is 2. The summed E-state index contributed by atoms with van der Waals surface area (Å²) >= 11 is 0. The highest BCUT2D eigenvalue weighted by Gasteiger charge is 2.43. The van der Waals surface area contributed by atoms with E-state index in [9.17, 15) is 23.7 Å². The van der Waals surface area contributed by atoms with Crippen molar-refractivity contribution in [2.45, 2.75) is 12.7 Å². The van der Waals surface area contributed by atoms with Crippen molar-refractivity contribution in [3.05, 3.63) is 57.8 Å². The van der Waals surface area contributed by atoms with E-state index in [4.69, 9.17) is 0 Å². The van der Waals surface area contributed by atoms with Crippen LogP contribution in [0.2, 0.25) is 0 Å². The third kappa shape index (κ3) is 3.21. The van der Waals surface area contributed by atoms with Gasteiger partial charge in [-0.05, 0) is 18.6 Å². The predicted octanol–water partition coefficient (Wildman–Crippen LogP) is 2.87. The summed E-state index contributed by atoms with van der Waals surface area (Å²) in [7, 11) is 0. The van der Waals surface area contributed by atoms with E-state index in [0.717, 1.165) is 0 Å². The maximum atomic E-state index is 13.1. The van der Waals surface area contributed by atoms with Crippen molar-refractivity contribution in [3.8, 4) is 11.5 Å². The van der Waals surface area contributed by atoms with Crippen LogP contribution in [0.25, 0.3) is 11.0 Å². The molecule has 0 radical (unpaired) electrons. The third-order valence-electron chi connectivity index (χ3n) is 3.81. The van der Waals surface area contributed by atoms with Gasteiger partial charge in [-0.25, -0.2) is 4.98 Å². The first-order valence-electron chi connectivity index (χ1n) is 7.64. The van der Waals surface area contributed by atoms with Gasteiger partial charge in [0.05, 0.1) is 16.0 Å². The Morgan fingerprint density at radius 2 is 2.00 bits per heavy atom. The number of halogens is 2. The number of benzene rings is 1. The highest BCUT2D eigenvalue weighted by molar-refractivity contribution is 6.05. The smallest absolute Gasteiger partial charge is 0.395 e. The minimum absolute atomic E-state index is 0.0754. The zero-order valence-corrected chi connectivity index (χ0v) is 13.4. The second-order valence-corrected chi connectivity index (χ2v) is 5.64. The van der Waals surface area contributed by atoms with Crippen molar-refractivity contribution in [2.24, 2.45) is 0 Å². The molecule has 1 aromatic carbocycles. The van der Waals surface area contributed by atoms with Gasteiger partial charge < -0.3 is 14.5 Å². The number of fused-ring (bicyclic) bond motifs is 2. The number of H-pyrrole nitrogens is 1. The Morgan fingerprint density at radius 3 is 2.74 bits per heavy atom. The third-order valence-corrected chi connectivity index (χ3v) is 3.81. The summed E-state index contributed by atoms with van der Waals surface area (Å²) in [6.07, 6.45) is 1.97. The van der Waals surface area contributed by atoms with Gasteiger partial charge in [0.25, 0.3) is 11.6 Å². The van der Waals surface area contributed by atoms with E-state index in [1.54, 1.807) is 0 Å². The van der Waals surface area contributed by atoms with Crippen molar-refractivity contribution in [1.82, 2.24) is 9.97 Å². The minimum Gasteiger partial charge on any atom is -0.395 e. The second kappa shape index (κ2) is 5.90. The number of aromatic amines is 1. The Kier molecular flexibility index (Phi) is 3.65. The van der Waals surface area contributed by atoms with Crippen LogP contribution in [0.5, 0.6) is 11.5 Å². The summed E-state index contributed by atoms with van der Waals surface area (Å²) in [6, 6.07) is 2.54. The van der Waals surface area contributed by atoms with Gasteiger partial charge in [0.2, 0.25) is 5.95 Å². The molecule has 2 heterocycles. The predicted molar refractivity (Wildman–Crippen MR) is 87.8 cm³/mol. The number of carbonyl (C=O) groups is 1. The number of nitrogens with one attached hydrogen (secondary N) is 2. The zero-order valence-electron chi connectivity index (χ0n) is 13.4. The van der Waals surface area contributed by atoms with Crippen LogP contribution in [0.3, 0.4) is 0 Å². The first kappa shape index (κ1) is 16.7. The van der Waals surface area contributed by atoms with Crippen molar-refractivity contribution in [1.29, 1.82) is 0 Å². The van der Waals surface area contributed by atoms with Crippen LogP contribution >= 0.6 is 0 Å². The standard InChI is InChI=1S/C16H10F2N4O5/c17-16(18)26-12-6-10-11(7-13(12)27-16)20-15(19-10)21-14(23)8-2-1-3-9(5-4-8)22(24)25/h2-7H,1H2,(H2,19,20,21,23). The second-order valence-electron chi connectivity index (χ2n) is 5.64. The van der Waals surface area contributed by atoms with Crippen LogP contribution in [0, 0.1) is 10.1 Å². The minimum atomic E-state index is -3.73. The monoisotopic (exact) mass is 376 g/mol. The first-order chi connectivity index (χ1) is 12.8. The van der Waals surface area contributed by atoms with Gasteiger partial charge in [-0.1, -0.05) is 6.08 Å². The molecule has 0 bridgehead atoms. The van der Waals surface area contributed by atoms with Gasteiger partial charge >= 0.3 is 6.29 Å². The topological polar surface area (TPSA) is 119 Å². The van der Waals surface area contributed by atoms with E-state index >= 15 is 0 Å². The molecule has 2 N–H and O–H groups in total. The van der Waals surface area contributed by atoms with Crippen LogP contribution in [0.4, 0.5) is 14.7 Å². The Hall–Kier alpha value is -3.76. The molecule has 2 aliphatic rings. The van der Waals surface area contributed by atoms with E-state index in [0.29, 0.717) is 5.52 Å². The number of imidazole rings is 1. The summed E-state index contributed by atoms with van der Waals surface area (Å²) in [5.74, 6) is -0.771. The highest BCUT2D eigenvalue weighted by Crippen LogP contribution is 2.42. The first-order valence-corrected chi connectivity index (χ1v) is 7.64. The van der Waals surface area contributed by atoms with E-state index < -0.39 is 17.1 Å². The summed E-state index contributed by atoms with van der Waals surface area (Å²) in [6.45, 7) is 0. The molecule has 9 nitrogen and oxygen atoms in total. The summed E-state index contributed by atoms with van der Waals surface area (Å²) in [5.41, 5.74) is 0.752. The molecular formula is C16H10F2N4O5. The Balaban J connectivity index is 1.53. The summed E-state index contributed by atoms with van der Waals surface area (Å²) < 4.78 is 34.9. The van der Waals surface area contributed by atoms with Gasteiger partial charge in [-0.3, -0.25) is 20.2 Å². The lowest BCUT2D eigenvalue weighted by molar-refractivity contribution is -0.419. The lowest BCUT2D eigenvalue weighted by Gasteiger charge is -2.04. The number of ether oxygens (including phenoxy) is 2. The zero-order chi connectivity index (χ0) is 19.2. The molecule has 0 spiro atoms. The van der Waals surface area contributed by atoms with Crippen LogP contribution in [-0.4, -0.2) is 27.1 Å². The maximum absolute atomic E-state index is 13.1. The molecule has 1 amide bonds. The Bertz CT molecular complexity index is 1030. The van der Waals surface area contributed by atoms with Crippen molar-refractivity contribution >= 4 is 22.9 Å². The molecule has 0 atom stereocenters. The fraction of sp³-hybridized carbons (Fsp3) is 0.125. The summed E-state index contributed by atoms with van der Waals surface area (Å²) in [4.78, 5) is 29.4. The van der Waals surface area contributed by atoms with Crippen LogP contribution < -0.4 is 14.8 Å². The lowest BCUT2D eigenvalue weighted by Crippen LogP contribution is -2.25. The number of hydrogen-bond donors (Lipinski definition) is 2. The number of nitro groups is 1. The molecule has 1 aromatic heterocycles. The molecule has 0 saturated heterocycles. The molecule has 1 aliphatic carbocycles. The molecule has 138 valence electrons. The number of carbonyl (C=O) groups excluding carboxylic acids is 1. The van der Waals surface area contributed by atoms with E-state index in [2.05, 4.69) is 24.8 Å². The fourth-order valence-corrected chi connectivity index (χ4v) is 2.61. The number of hydrogen-bond acceptors (Lipinski definition) is 6. The SMILES string of the molecule is O=C(Nc1nc2cc3c(cc2[nH]1)OC(F)(F)O3)C1=CCC=C([N+](=O)[O-])C=C1. The maximum Gasteiger partial charge on any atom is 0.586 e. The molecular weight excluding hydrogens is 366 g/mol. The van der Waals surface area contributed by atoms with Gasteiger partial charge in [-0.15, -0.1) is 8.78 Å².